The Balaban J connectivity index is 1.84. The third-order valence-corrected chi connectivity index (χ3v) is 7.58. The minimum absolute atomic E-state index is 0.0350. The van der Waals surface area contributed by atoms with Crippen molar-refractivity contribution in [3.05, 3.63) is 71.2 Å². The molecule has 0 aliphatic rings. The number of aliphatic hydroxyl groups is 1. The fourth-order valence-corrected chi connectivity index (χ4v) is 4.13. The monoisotopic (exact) mass is 458 g/mol. The molecule has 0 spiro atoms. The van der Waals surface area contributed by atoms with Gasteiger partial charge in [-0.05, 0) is 55.3 Å². The molecule has 0 fully saturated rings. The number of hydroxylamine groups is 1. The number of hydrogen-bond acceptors (Lipinski definition) is 5. The molecule has 1 aromatic heterocycles. The lowest BCUT2D eigenvalue weighted by Crippen LogP contribution is -2.49. The Kier molecular flexibility index (Phi) is 6.69. The number of sulfone groups is 1. The van der Waals surface area contributed by atoms with E-state index in [0.29, 0.717) is 11.1 Å². The molecule has 1 atom stereocenters. The SMILES string of the molecule is C[C@@](CCn1ccc2cc(C#Cc3ccc(CO)cc3F)ccc21)(C(=O)NO)S(C)(=O)=O. The Bertz CT molecular complexity index is 1340. The smallest absolute Gasteiger partial charge is 0.264 e. The number of hydrogen-bond donors (Lipinski definition) is 3. The van der Waals surface area contributed by atoms with E-state index in [1.807, 2.05) is 22.8 Å². The van der Waals surface area contributed by atoms with Crippen molar-refractivity contribution in [2.75, 3.05) is 6.26 Å². The first kappa shape index (κ1) is 23.5. The average Bonchev–Trinajstić information content (AvgIpc) is 3.17. The summed E-state index contributed by atoms with van der Waals surface area (Å²) in [5, 5.41) is 18.9. The molecule has 0 saturated heterocycles. The Morgan fingerprint density at radius 3 is 2.56 bits per heavy atom. The van der Waals surface area contributed by atoms with Crippen LogP contribution in [0, 0.1) is 17.7 Å². The van der Waals surface area contributed by atoms with Crippen molar-refractivity contribution in [2.45, 2.75) is 31.2 Å². The number of aliphatic hydroxyl groups excluding tert-OH is 1. The first-order valence-electron chi connectivity index (χ1n) is 9.73. The first-order chi connectivity index (χ1) is 15.1. The molecule has 0 bridgehead atoms. The van der Waals surface area contributed by atoms with Crippen molar-refractivity contribution in [2.24, 2.45) is 0 Å². The topological polar surface area (TPSA) is 109 Å². The molecular weight excluding hydrogens is 435 g/mol. The number of nitrogens with one attached hydrogen (secondary N) is 1. The van der Waals surface area contributed by atoms with Crippen molar-refractivity contribution in [1.82, 2.24) is 10.0 Å². The van der Waals surface area contributed by atoms with E-state index in [2.05, 4.69) is 11.8 Å². The number of amides is 1. The maximum absolute atomic E-state index is 14.0. The highest BCUT2D eigenvalue weighted by Gasteiger charge is 2.43. The molecule has 0 unspecified atom stereocenters. The third-order valence-electron chi connectivity index (χ3n) is 5.56. The standard InChI is InChI=1S/C23H23FN2O5S/c1-23(22(28)25-29,32(2,30)31)10-12-26-11-9-19-13-16(5-8-21(19)26)3-6-18-7-4-17(15-27)14-20(18)24/h4-5,7-9,11,13-14,27,29H,10,12,15H2,1-2H3,(H,25,28)/t23-/m1/s1. The van der Waals surface area contributed by atoms with Gasteiger partial charge in [-0.1, -0.05) is 17.9 Å². The second kappa shape index (κ2) is 9.12. The number of halogens is 1. The number of nitrogens with zero attached hydrogens (tertiary/aromatic N) is 1. The minimum atomic E-state index is -3.78. The maximum Gasteiger partial charge on any atom is 0.264 e. The second-order valence-corrected chi connectivity index (χ2v) is 10.1. The third kappa shape index (κ3) is 4.67. The van der Waals surface area contributed by atoms with Crippen LogP contribution in [0.3, 0.4) is 0 Å². The molecule has 168 valence electrons. The van der Waals surface area contributed by atoms with E-state index in [4.69, 9.17) is 10.3 Å². The quantitative estimate of drug-likeness (QED) is 0.299. The van der Waals surface area contributed by atoms with Crippen LogP contribution in [0.25, 0.3) is 10.9 Å². The highest BCUT2D eigenvalue weighted by molar-refractivity contribution is 7.92. The van der Waals surface area contributed by atoms with Gasteiger partial charge in [-0.15, -0.1) is 0 Å². The van der Waals surface area contributed by atoms with Gasteiger partial charge in [0.2, 0.25) is 0 Å². The van der Waals surface area contributed by atoms with Crippen molar-refractivity contribution in [1.29, 1.82) is 0 Å². The summed E-state index contributed by atoms with van der Waals surface area (Å²) in [6.07, 6.45) is 2.70. The van der Waals surface area contributed by atoms with Crippen LogP contribution in [0.2, 0.25) is 0 Å². The molecule has 9 heteroatoms. The fraction of sp³-hybridized carbons (Fsp3) is 0.261. The van der Waals surface area contributed by atoms with Gasteiger partial charge in [-0.25, -0.2) is 18.3 Å². The van der Waals surface area contributed by atoms with Gasteiger partial charge >= 0.3 is 0 Å². The molecule has 1 heterocycles. The predicted molar refractivity (Wildman–Crippen MR) is 118 cm³/mol. The molecular formula is C23H23FN2O5S. The van der Waals surface area contributed by atoms with Gasteiger partial charge in [-0.3, -0.25) is 10.0 Å². The van der Waals surface area contributed by atoms with Gasteiger partial charge in [0.05, 0.1) is 12.2 Å². The van der Waals surface area contributed by atoms with Gasteiger partial charge < -0.3 is 9.67 Å². The highest BCUT2D eigenvalue weighted by Crippen LogP contribution is 2.25. The van der Waals surface area contributed by atoms with Crippen LogP contribution in [0.1, 0.15) is 30.0 Å². The Morgan fingerprint density at radius 1 is 1.19 bits per heavy atom. The number of fused-ring (bicyclic) bond motifs is 1. The summed E-state index contributed by atoms with van der Waals surface area (Å²) in [6, 6.07) is 11.6. The molecule has 32 heavy (non-hydrogen) atoms. The van der Waals surface area contributed by atoms with E-state index in [1.165, 1.54) is 24.5 Å². The summed E-state index contributed by atoms with van der Waals surface area (Å²) in [5.74, 6) is 4.22. The first-order valence-corrected chi connectivity index (χ1v) is 11.6. The van der Waals surface area contributed by atoms with Crippen LogP contribution in [-0.4, -0.2) is 40.2 Å². The minimum Gasteiger partial charge on any atom is -0.392 e. The predicted octanol–water partition coefficient (Wildman–Crippen LogP) is 2.37. The number of rotatable bonds is 6. The van der Waals surface area contributed by atoms with Crippen molar-refractivity contribution in [3.8, 4) is 11.8 Å². The average molecular weight is 459 g/mol. The lowest BCUT2D eigenvalue weighted by atomic mass is 10.1. The summed E-state index contributed by atoms with van der Waals surface area (Å²) in [7, 11) is -3.78. The molecule has 3 rings (SSSR count). The normalized spacial score (nSPS) is 13.3. The molecule has 1 amide bonds. The molecule has 3 N–H and O–H groups in total. The van der Waals surface area contributed by atoms with Gasteiger partial charge in [-0.2, -0.15) is 0 Å². The molecule has 2 aromatic carbocycles. The molecule has 0 radical (unpaired) electrons. The number of carbonyl (C=O) groups is 1. The Labute approximate surface area is 185 Å². The number of carbonyl (C=O) groups excluding carboxylic acids is 1. The van der Waals surface area contributed by atoms with E-state index in [-0.39, 0.29) is 25.1 Å². The van der Waals surface area contributed by atoms with E-state index in [1.54, 1.807) is 18.3 Å². The molecule has 0 aliphatic carbocycles. The summed E-state index contributed by atoms with van der Waals surface area (Å²) in [6.45, 7) is 1.26. The largest absolute Gasteiger partial charge is 0.392 e. The van der Waals surface area contributed by atoms with Gasteiger partial charge in [0.1, 0.15) is 5.82 Å². The van der Waals surface area contributed by atoms with Crippen molar-refractivity contribution < 1.29 is 27.9 Å². The van der Waals surface area contributed by atoms with Crippen LogP contribution in [0.15, 0.2) is 48.7 Å². The number of benzene rings is 2. The molecule has 3 aromatic rings. The van der Waals surface area contributed by atoms with E-state index < -0.39 is 26.3 Å². The zero-order valence-corrected chi connectivity index (χ0v) is 18.4. The zero-order chi connectivity index (χ0) is 23.5. The summed E-state index contributed by atoms with van der Waals surface area (Å²) in [5.41, 5.74) is 3.62. The second-order valence-electron chi connectivity index (χ2n) is 7.70. The molecule has 0 aliphatic heterocycles. The van der Waals surface area contributed by atoms with Gasteiger partial charge in [0, 0.05) is 35.5 Å². The van der Waals surface area contributed by atoms with Crippen LogP contribution in [0.5, 0.6) is 0 Å². The highest BCUT2D eigenvalue weighted by atomic mass is 32.2. The maximum atomic E-state index is 14.0. The zero-order valence-electron chi connectivity index (χ0n) is 17.6. The molecule has 0 saturated carbocycles. The van der Waals surface area contributed by atoms with Crippen LogP contribution < -0.4 is 5.48 Å². The number of aromatic nitrogens is 1. The van der Waals surface area contributed by atoms with Crippen molar-refractivity contribution in [3.63, 3.8) is 0 Å². The summed E-state index contributed by atoms with van der Waals surface area (Å²) < 4.78 is 38.3. The number of aryl methyl sites for hydroxylation is 1. The Morgan fingerprint density at radius 2 is 1.94 bits per heavy atom. The summed E-state index contributed by atoms with van der Waals surface area (Å²) in [4.78, 5) is 12.0. The van der Waals surface area contributed by atoms with Gasteiger partial charge in [0.25, 0.3) is 5.91 Å². The summed E-state index contributed by atoms with van der Waals surface area (Å²) >= 11 is 0. The fourth-order valence-electron chi connectivity index (χ4n) is 3.29. The van der Waals surface area contributed by atoms with Crippen LogP contribution in [0.4, 0.5) is 4.39 Å². The lowest BCUT2D eigenvalue weighted by molar-refractivity contribution is -0.131. The Hall–Kier alpha value is -3.19. The van der Waals surface area contributed by atoms with Gasteiger partial charge in [0.15, 0.2) is 14.6 Å². The van der Waals surface area contributed by atoms with Crippen LogP contribution >= 0.6 is 0 Å². The van der Waals surface area contributed by atoms with E-state index in [0.717, 1.165) is 17.2 Å². The van der Waals surface area contributed by atoms with E-state index in [9.17, 15) is 17.6 Å². The van der Waals surface area contributed by atoms with E-state index >= 15 is 0 Å². The van der Waals surface area contributed by atoms with Crippen molar-refractivity contribution >= 4 is 26.6 Å². The molecule has 7 nitrogen and oxygen atoms in total. The lowest BCUT2D eigenvalue weighted by Gasteiger charge is -2.25. The van der Waals surface area contributed by atoms with Crippen LogP contribution in [-0.2, 0) is 27.8 Å².